The quantitative estimate of drug-likeness (QED) is 0.903. The lowest BCUT2D eigenvalue weighted by atomic mass is 10.1. The molecule has 2 saturated heterocycles. The molecule has 2 fully saturated rings. The number of rotatable bonds is 5. The van der Waals surface area contributed by atoms with Gasteiger partial charge in [0, 0.05) is 19.1 Å². The fraction of sp³-hybridized carbons (Fsp3) is 0.647. The van der Waals surface area contributed by atoms with E-state index in [1.807, 2.05) is 0 Å². The molecule has 0 spiro atoms. The topological polar surface area (TPSA) is 26.7 Å². The van der Waals surface area contributed by atoms with Gasteiger partial charge in [-0.3, -0.25) is 4.90 Å². The first-order valence-electron chi connectivity index (χ1n) is 8.12. The van der Waals surface area contributed by atoms with E-state index in [1.54, 1.807) is 12.1 Å². The van der Waals surface area contributed by atoms with E-state index in [2.05, 4.69) is 9.80 Å². The summed E-state index contributed by atoms with van der Waals surface area (Å²) >= 11 is 0. The van der Waals surface area contributed by atoms with Gasteiger partial charge < -0.3 is 10.0 Å². The van der Waals surface area contributed by atoms with Gasteiger partial charge >= 0.3 is 0 Å². The summed E-state index contributed by atoms with van der Waals surface area (Å²) in [4.78, 5) is 5.05. The van der Waals surface area contributed by atoms with Crippen molar-refractivity contribution >= 4 is 0 Å². The van der Waals surface area contributed by atoms with Crippen molar-refractivity contribution in [2.45, 2.75) is 37.8 Å². The number of hydrogen-bond donors (Lipinski definition) is 1. The van der Waals surface area contributed by atoms with Crippen LogP contribution < -0.4 is 0 Å². The summed E-state index contributed by atoms with van der Waals surface area (Å²) in [6, 6.07) is 7.01. The Kier molecular flexibility index (Phi) is 4.88. The number of aliphatic hydroxyl groups excluding tert-OH is 1. The summed E-state index contributed by atoms with van der Waals surface area (Å²) in [7, 11) is 0. The second-order valence-corrected chi connectivity index (χ2v) is 6.35. The molecule has 0 saturated carbocycles. The molecule has 2 aliphatic heterocycles. The Bertz CT molecular complexity index is 462. The van der Waals surface area contributed by atoms with Crippen LogP contribution in [0.1, 0.15) is 37.4 Å². The first-order chi connectivity index (χ1) is 10.2. The van der Waals surface area contributed by atoms with Crippen LogP contribution in [0.4, 0.5) is 4.39 Å². The maximum atomic E-state index is 13.2. The van der Waals surface area contributed by atoms with Gasteiger partial charge in [-0.25, -0.2) is 4.39 Å². The Labute approximate surface area is 126 Å². The number of aliphatic hydroxyl groups is 1. The first kappa shape index (κ1) is 14.9. The highest BCUT2D eigenvalue weighted by atomic mass is 19.1. The molecule has 0 aliphatic carbocycles. The smallest absolute Gasteiger partial charge is 0.123 e. The molecule has 4 heteroatoms. The van der Waals surface area contributed by atoms with Gasteiger partial charge in [-0.15, -0.1) is 0 Å². The molecular weight excluding hydrogens is 267 g/mol. The highest BCUT2D eigenvalue weighted by molar-refractivity contribution is 5.18. The number of benzene rings is 1. The maximum Gasteiger partial charge on any atom is 0.123 e. The summed E-state index contributed by atoms with van der Waals surface area (Å²) in [6.45, 7) is 5.64. The molecule has 21 heavy (non-hydrogen) atoms. The fourth-order valence-electron chi connectivity index (χ4n) is 3.61. The predicted octanol–water partition coefficient (Wildman–Crippen LogP) is 2.42. The third-order valence-corrected chi connectivity index (χ3v) is 4.86. The van der Waals surface area contributed by atoms with E-state index in [0.717, 1.165) is 19.6 Å². The SMILES string of the molecule is OC(CCN1CCC(N2CCCC2)C1)c1cccc(F)c1. The van der Waals surface area contributed by atoms with Crippen LogP contribution >= 0.6 is 0 Å². The Hall–Kier alpha value is -0.970. The molecule has 3 nitrogen and oxygen atoms in total. The molecule has 1 aromatic carbocycles. The Morgan fingerprint density at radius 3 is 2.81 bits per heavy atom. The summed E-state index contributed by atoms with van der Waals surface area (Å²) in [5.74, 6) is -0.276. The Morgan fingerprint density at radius 2 is 2.05 bits per heavy atom. The van der Waals surface area contributed by atoms with Gasteiger partial charge in [0.1, 0.15) is 5.82 Å². The van der Waals surface area contributed by atoms with Gasteiger partial charge in [0.25, 0.3) is 0 Å². The maximum absolute atomic E-state index is 13.2. The summed E-state index contributed by atoms with van der Waals surface area (Å²) in [5.41, 5.74) is 0.685. The third kappa shape index (κ3) is 3.82. The third-order valence-electron chi connectivity index (χ3n) is 4.86. The monoisotopic (exact) mass is 292 g/mol. The highest BCUT2D eigenvalue weighted by Crippen LogP contribution is 2.23. The second kappa shape index (κ2) is 6.86. The molecule has 1 N–H and O–H groups in total. The van der Waals surface area contributed by atoms with Crippen LogP contribution in [0.25, 0.3) is 0 Å². The van der Waals surface area contributed by atoms with Crippen molar-refractivity contribution in [3.8, 4) is 0 Å². The van der Waals surface area contributed by atoms with Gasteiger partial charge in [-0.05, 0) is 63.0 Å². The lowest BCUT2D eigenvalue weighted by Gasteiger charge is -2.24. The Morgan fingerprint density at radius 1 is 1.24 bits per heavy atom. The standard InChI is InChI=1S/C17H25FN2O/c18-15-5-3-4-14(12-15)17(21)7-11-19-10-6-16(13-19)20-8-1-2-9-20/h3-5,12,16-17,21H,1-2,6-11,13H2. The van der Waals surface area contributed by atoms with Crippen LogP contribution in [0.15, 0.2) is 24.3 Å². The van der Waals surface area contributed by atoms with Crippen molar-refractivity contribution in [3.05, 3.63) is 35.6 Å². The number of hydrogen-bond acceptors (Lipinski definition) is 3. The van der Waals surface area contributed by atoms with Gasteiger partial charge in [0.05, 0.1) is 6.10 Å². The van der Waals surface area contributed by atoms with Crippen LogP contribution in [0, 0.1) is 5.82 Å². The minimum atomic E-state index is -0.563. The number of nitrogens with zero attached hydrogens (tertiary/aromatic N) is 2. The average Bonchev–Trinajstić information content (AvgIpc) is 3.15. The zero-order valence-corrected chi connectivity index (χ0v) is 12.5. The van der Waals surface area contributed by atoms with Crippen molar-refractivity contribution in [1.82, 2.24) is 9.80 Å². The summed E-state index contributed by atoms with van der Waals surface area (Å²) in [5, 5.41) is 10.2. The summed E-state index contributed by atoms with van der Waals surface area (Å²) < 4.78 is 13.2. The number of halogens is 1. The molecule has 0 radical (unpaired) electrons. The minimum Gasteiger partial charge on any atom is -0.388 e. The van der Waals surface area contributed by atoms with E-state index in [-0.39, 0.29) is 5.82 Å². The lowest BCUT2D eigenvalue weighted by molar-refractivity contribution is 0.145. The van der Waals surface area contributed by atoms with E-state index in [0.29, 0.717) is 18.0 Å². The van der Waals surface area contributed by atoms with Crippen LogP contribution in [0.3, 0.4) is 0 Å². The van der Waals surface area contributed by atoms with Gasteiger partial charge in [-0.2, -0.15) is 0 Å². The molecule has 0 amide bonds. The van der Waals surface area contributed by atoms with E-state index in [4.69, 9.17) is 0 Å². The van der Waals surface area contributed by atoms with E-state index >= 15 is 0 Å². The molecule has 3 rings (SSSR count). The van der Waals surface area contributed by atoms with Crippen molar-refractivity contribution in [1.29, 1.82) is 0 Å². The van der Waals surface area contributed by atoms with Gasteiger partial charge in [-0.1, -0.05) is 12.1 Å². The van der Waals surface area contributed by atoms with E-state index in [1.165, 1.54) is 44.5 Å². The van der Waals surface area contributed by atoms with Crippen molar-refractivity contribution in [3.63, 3.8) is 0 Å². The molecule has 2 heterocycles. The molecule has 1 aromatic rings. The summed E-state index contributed by atoms with van der Waals surface area (Å²) in [6.07, 6.45) is 4.04. The van der Waals surface area contributed by atoms with Crippen molar-refractivity contribution < 1.29 is 9.50 Å². The van der Waals surface area contributed by atoms with Crippen LogP contribution in [0.5, 0.6) is 0 Å². The molecule has 2 atom stereocenters. The highest BCUT2D eigenvalue weighted by Gasteiger charge is 2.29. The fourth-order valence-corrected chi connectivity index (χ4v) is 3.61. The lowest BCUT2D eigenvalue weighted by Crippen LogP contribution is -2.35. The van der Waals surface area contributed by atoms with Gasteiger partial charge in [0.15, 0.2) is 0 Å². The molecule has 0 aromatic heterocycles. The molecular formula is C17H25FN2O. The van der Waals surface area contributed by atoms with E-state index < -0.39 is 6.10 Å². The number of likely N-dealkylation sites (tertiary alicyclic amines) is 2. The second-order valence-electron chi connectivity index (χ2n) is 6.35. The predicted molar refractivity (Wildman–Crippen MR) is 81.6 cm³/mol. The normalized spacial score (nSPS) is 25.5. The van der Waals surface area contributed by atoms with Crippen LogP contribution in [-0.2, 0) is 0 Å². The van der Waals surface area contributed by atoms with Crippen molar-refractivity contribution in [2.24, 2.45) is 0 Å². The Balaban J connectivity index is 1.45. The average molecular weight is 292 g/mol. The zero-order valence-electron chi connectivity index (χ0n) is 12.5. The van der Waals surface area contributed by atoms with Crippen LogP contribution in [-0.4, -0.2) is 53.7 Å². The van der Waals surface area contributed by atoms with E-state index in [9.17, 15) is 9.50 Å². The van der Waals surface area contributed by atoms with Crippen molar-refractivity contribution in [2.75, 3.05) is 32.7 Å². The molecule has 2 aliphatic rings. The van der Waals surface area contributed by atoms with Gasteiger partial charge in [0.2, 0.25) is 0 Å². The zero-order chi connectivity index (χ0) is 14.7. The van der Waals surface area contributed by atoms with Crippen LogP contribution in [0.2, 0.25) is 0 Å². The first-order valence-corrected chi connectivity index (χ1v) is 8.12. The molecule has 2 unspecified atom stereocenters. The molecule has 116 valence electrons. The minimum absolute atomic E-state index is 0.276. The molecule has 0 bridgehead atoms. The largest absolute Gasteiger partial charge is 0.388 e.